The molecule has 1 aliphatic rings. The van der Waals surface area contributed by atoms with Crippen molar-refractivity contribution in [3.05, 3.63) is 11.1 Å². The molecule has 0 saturated carbocycles. The maximum atomic E-state index is 11.7. The Kier molecular flexibility index (Phi) is 5.27. The Bertz CT molecular complexity index is 339. The Hall–Kier alpha value is -0.500. The lowest BCUT2D eigenvalue weighted by atomic mass is 9.89. The molecular formula is C15H25ClO2. The van der Waals surface area contributed by atoms with Gasteiger partial charge in [0.05, 0.1) is 12.0 Å². The van der Waals surface area contributed by atoms with Crippen molar-refractivity contribution >= 4 is 17.6 Å². The van der Waals surface area contributed by atoms with Gasteiger partial charge in [0.25, 0.3) is 0 Å². The average Bonchev–Trinajstić information content (AvgIpc) is 2.65. The zero-order valence-electron chi connectivity index (χ0n) is 12.2. The van der Waals surface area contributed by atoms with Gasteiger partial charge in [-0.3, -0.25) is 4.79 Å². The van der Waals surface area contributed by atoms with Crippen LogP contribution in [-0.2, 0) is 9.53 Å². The molecule has 18 heavy (non-hydrogen) atoms. The van der Waals surface area contributed by atoms with E-state index in [1.165, 1.54) is 11.1 Å². The highest BCUT2D eigenvalue weighted by Crippen LogP contribution is 2.37. The Morgan fingerprint density at radius 3 is 2.61 bits per heavy atom. The van der Waals surface area contributed by atoms with Crippen molar-refractivity contribution in [1.82, 2.24) is 0 Å². The van der Waals surface area contributed by atoms with Gasteiger partial charge in [-0.05, 0) is 52.4 Å². The van der Waals surface area contributed by atoms with Crippen LogP contribution in [0.25, 0.3) is 0 Å². The molecule has 0 N–H and O–H groups in total. The average molecular weight is 273 g/mol. The molecule has 0 aliphatic heterocycles. The smallest absolute Gasteiger partial charge is 0.311 e. The van der Waals surface area contributed by atoms with Crippen LogP contribution >= 0.6 is 11.6 Å². The van der Waals surface area contributed by atoms with Crippen molar-refractivity contribution in [1.29, 1.82) is 0 Å². The van der Waals surface area contributed by atoms with E-state index < -0.39 is 5.41 Å². The summed E-state index contributed by atoms with van der Waals surface area (Å²) in [5.41, 5.74) is 2.36. The van der Waals surface area contributed by atoms with Crippen LogP contribution in [0.2, 0.25) is 0 Å². The van der Waals surface area contributed by atoms with Crippen molar-refractivity contribution in [2.45, 2.75) is 47.5 Å². The molecule has 1 rings (SSSR count). The van der Waals surface area contributed by atoms with Gasteiger partial charge in [0, 0.05) is 5.88 Å². The first-order valence-electron chi connectivity index (χ1n) is 6.69. The van der Waals surface area contributed by atoms with Crippen molar-refractivity contribution in [3.63, 3.8) is 0 Å². The number of ether oxygens (including phenoxy) is 1. The van der Waals surface area contributed by atoms with Crippen LogP contribution in [0, 0.1) is 17.3 Å². The Morgan fingerprint density at radius 2 is 2.11 bits per heavy atom. The van der Waals surface area contributed by atoms with E-state index in [4.69, 9.17) is 16.3 Å². The Balaban J connectivity index is 2.52. The van der Waals surface area contributed by atoms with E-state index in [0.717, 1.165) is 12.8 Å². The summed E-state index contributed by atoms with van der Waals surface area (Å²) in [6, 6.07) is 0. The summed E-state index contributed by atoms with van der Waals surface area (Å²) in [5.74, 6) is 1.31. The third-order valence-electron chi connectivity index (χ3n) is 3.75. The summed E-state index contributed by atoms with van der Waals surface area (Å²) in [5, 5.41) is 0. The lowest BCUT2D eigenvalue weighted by Crippen LogP contribution is -2.27. The molecule has 3 heteroatoms. The quantitative estimate of drug-likeness (QED) is 0.436. The number of rotatable bonds is 4. The second kappa shape index (κ2) is 6.10. The van der Waals surface area contributed by atoms with E-state index in [1.54, 1.807) is 0 Å². The molecule has 0 aromatic heterocycles. The fourth-order valence-corrected chi connectivity index (χ4v) is 2.83. The number of hydrogen-bond donors (Lipinski definition) is 0. The number of halogens is 1. The summed E-state index contributed by atoms with van der Waals surface area (Å²) >= 11 is 6.01. The minimum atomic E-state index is -0.420. The van der Waals surface area contributed by atoms with E-state index in [9.17, 15) is 4.79 Å². The first kappa shape index (κ1) is 15.6. The normalized spacial score (nSPS) is 22.2. The van der Waals surface area contributed by atoms with Crippen molar-refractivity contribution in [2.75, 3.05) is 12.5 Å². The van der Waals surface area contributed by atoms with Crippen LogP contribution in [0.1, 0.15) is 47.5 Å². The van der Waals surface area contributed by atoms with Crippen LogP contribution in [0.5, 0.6) is 0 Å². The van der Waals surface area contributed by atoms with Gasteiger partial charge in [-0.2, -0.15) is 0 Å². The molecule has 0 fully saturated rings. The minimum absolute atomic E-state index is 0.125. The van der Waals surface area contributed by atoms with Crippen LogP contribution in [0.4, 0.5) is 0 Å². The Morgan fingerprint density at radius 1 is 1.50 bits per heavy atom. The largest absolute Gasteiger partial charge is 0.465 e. The maximum absolute atomic E-state index is 11.7. The third kappa shape index (κ3) is 3.74. The zero-order valence-corrected chi connectivity index (χ0v) is 12.9. The Labute approximate surface area is 116 Å². The highest BCUT2D eigenvalue weighted by molar-refractivity contribution is 6.19. The topological polar surface area (TPSA) is 26.3 Å². The molecule has 0 spiro atoms. The van der Waals surface area contributed by atoms with Gasteiger partial charge in [-0.15, -0.1) is 11.6 Å². The summed E-state index contributed by atoms with van der Waals surface area (Å²) < 4.78 is 5.40. The molecule has 104 valence electrons. The second-order valence-electron chi connectivity index (χ2n) is 6.41. The van der Waals surface area contributed by atoms with E-state index in [0.29, 0.717) is 24.3 Å². The second-order valence-corrected chi connectivity index (χ2v) is 6.68. The first-order chi connectivity index (χ1) is 8.27. The number of hydrogen-bond acceptors (Lipinski definition) is 2. The van der Waals surface area contributed by atoms with Gasteiger partial charge < -0.3 is 4.74 Å². The van der Waals surface area contributed by atoms with Crippen LogP contribution < -0.4 is 0 Å². The van der Waals surface area contributed by atoms with Crippen molar-refractivity contribution in [2.24, 2.45) is 17.3 Å². The first-order valence-corrected chi connectivity index (χ1v) is 7.22. The van der Waals surface area contributed by atoms with E-state index in [1.807, 2.05) is 20.8 Å². The van der Waals surface area contributed by atoms with Gasteiger partial charge in [0.2, 0.25) is 0 Å². The van der Waals surface area contributed by atoms with Gasteiger partial charge in [0.1, 0.15) is 0 Å². The molecule has 0 heterocycles. The molecule has 0 saturated heterocycles. The van der Waals surface area contributed by atoms with Crippen molar-refractivity contribution in [3.8, 4) is 0 Å². The molecule has 2 atom stereocenters. The molecule has 0 radical (unpaired) electrons. The van der Waals surface area contributed by atoms with Gasteiger partial charge >= 0.3 is 5.97 Å². The van der Waals surface area contributed by atoms with Crippen LogP contribution in [0.3, 0.4) is 0 Å². The number of carbonyl (C=O) groups is 1. The molecule has 0 bridgehead atoms. The van der Waals surface area contributed by atoms with Gasteiger partial charge in [0.15, 0.2) is 0 Å². The predicted molar refractivity (Wildman–Crippen MR) is 75.7 cm³/mol. The fraction of sp³-hybridized carbons (Fsp3) is 0.800. The zero-order chi connectivity index (χ0) is 13.9. The highest BCUT2D eigenvalue weighted by Gasteiger charge is 2.29. The van der Waals surface area contributed by atoms with Gasteiger partial charge in [-0.1, -0.05) is 18.1 Å². The number of alkyl halides is 1. The van der Waals surface area contributed by atoms with E-state index in [2.05, 4.69) is 13.8 Å². The van der Waals surface area contributed by atoms with E-state index >= 15 is 0 Å². The fourth-order valence-electron chi connectivity index (χ4n) is 2.40. The molecular weight excluding hydrogens is 248 g/mol. The third-order valence-corrected chi connectivity index (χ3v) is 4.03. The highest BCUT2D eigenvalue weighted by atomic mass is 35.5. The molecule has 0 aromatic carbocycles. The van der Waals surface area contributed by atoms with Crippen LogP contribution in [-0.4, -0.2) is 18.5 Å². The molecule has 0 unspecified atom stereocenters. The van der Waals surface area contributed by atoms with Crippen LogP contribution in [0.15, 0.2) is 11.1 Å². The summed E-state index contributed by atoms with van der Waals surface area (Å²) in [6.07, 6.45) is 2.27. The molecule has 0 aromatic rings. The predicted octanol–water partition coefficient (Wildman–Crippen LogP) is 4.18. The maximum Gasteiger partial charge on any atom is 0.311 e. The summed E-state index contributed by atoms with van der Waals surface area (Å²) in [7, 11) is 0. The summed E-state index contributed by atoms with van der Waals surface area (Å²) in [6.45, 7) is 10.4. The lowest BCUT2D eigenvalue weighted by molar-refractivity contribution is -0.154. The molecule has 2 nitrogen and oxygen atoms in total. The number of allylic oxidation sites excluding steroid dienone is 2. The molecule has 0 amide bonds. The lowest BCUT2D eigenvalue weighted by Gasteiger charge is -2.24. The van der Waals surface area contributed by atoms with Crippen molar-refractivity contribution < 1.29 is 9.53 Å². The standard InChI is InChI=1S/C15H25ClO2/c1-10-6-7-12(13(10)8-16)11(2)9-18-14(17)15(3,4)5/h11-12H,6-9H2,1-5H3/t11-,12-/m1/s1. The molecule has 1 aliphatic carbocycles. The summed E-state index contributed by atoms with van der Waals surface area (Å²) in [4.78, 5) is 11.7. The number of esters is 1. The SMILES string of the molecule is CC1=C(CCl)[C@@H]([C@H](C)COC(=O)C(C)(C)C)CC1. The monoisotopic (exact) mass is 272 g/mol. The van der Waals surface area contributed by atoms with E-state index in [-0.39, 0.29) is 5.97 Å². The minimum Gasteiger partial charge on any atom is -0.465 e. The number of carbonyl (C=O) groups excluding carboxylic acids is 1. The van der Waals surface area contributed by atoms with Gasteiger partial charge in [-0.25, -0.2) is 0 Å².